The van der Waals surface area contributed by atoms with Gasteiger partial charge < -0.3 is 10.1 Å². The summed E-state index contributed by atoms with van der Waals surface area (Å²) in [7, 11) is 0. The molecule has 35 heavy (non-hydrogen) atoms. The Morgan fingerprint density at radius 1 is 1.17 bits per heavy atom. The van der Waals surface area contributed by atoms with E-state index in [4.69, 9.17) is 4.74 Å². The van der Waals surface area contributed by atoms with Gasteiger partial charge in [0.1, 0.15) is 34.7 Å². The largest absolute Gasteiger partial charge is 0.482 e. The van der Waals surface area contributed by atoms with E-state index in [1.807, 2.05) is 51.6 Å². The van der Waals surface area contributed by atoms with Gasteiger partial charge in [0.05, 0.1) is 35.5 Å². The molecule has 1 atom stereocenters. The third kappa shape index (κ3) is 4.86. The molecule has 0 aromatic carbocycles. The number of nitrogens with one attached hydrogen (secondary N) is 1. The quantitative estimate of drug-likeness (QED) is 0.463. The number of hydrogen-bond acceptors (Lipinski definition) is 8. The van der Waals surface area contributed by atoms with Crippen LogP contribution in [0.3, 0.4) is 0 Å². The van der Waals surface area contributed by atoms with E-state index in [2.05, 4.69) is 36.8 Å². The van der Waals surface area contributed by atoms with Crippen molar-refractivity contribution in [3.05, 3.63) is 53.5 Å². The van der Waals surface area contributed by atoms with Crippen molar-refractivity contribution in [1.82, 2.24) is 39.9 Å². The van der Waals surface area contributed by atoms with Gasteiger partial charge >= 0.3 is 0 Å². The summed E-state index contributed by atoms with van der Waals surface area (Å²) in [5.74, 6) is 0.535. The molecule has 10 nitrogen and oxygen atoms in total. The number of hydrogen-bond donors (Lipinski definition) is 1. The minimum absolute atomic E-state index is 0.335. The summed E-state index contributed by atoms with van der Waals surface area (Å²) in [5, 5.41) is 26.3. The number of pyridine rings is 1. The Balaban J connectivity index is 0.00000141. The van der Waals surface area contributed by atoms with Gasteiger partial charge in [0.15, 0.2) is 0 Å². The zero-order chi connectivity index (χ0) is 24.9. The standard InChI is InChI=1S/C23H25N9O.C2H6/c1-14-10-26-12-20(28-14)16(3)33-21-8-17(13-31-23(21)18(9-24)11-27-31)22-15(2)32(30-29-22)19-4-6-25-7-5-19;1-2/h8,10-13,16,19,25H,4-7H2,1-3H3;1-2H3. The van der Waals surface area contributed by atoms with Gasteiger partial charge in [-0.25, -0.2) is 9.20 Å². The molecular weight excluding hydrogens is 442 g/mol. The summed E-state index contributed by atoms with van der Waals surface area (Å²) >= 11 is 0. The van der Waals surface area contributed by atoms with Crippen LogP contribution in [0.4, 0.5) is 0 Å². The molecule has 1 aliphatic heterocycles. The lowest BCUT2D eigenvalue weighted by Gasteiger charge is -2.23. The van der Waals surface area contributed by atoms with Crippen molar-refractivity contribution < 1.29 is 4.74 Å². The van der Waals surface area contributed by atoms with Crippen molar-refractivity contribution in [2.24, 2.45) is 0 Å². The molecule has 0 spiro atoms. The zero-order valence-corrected chi connectivity index (χ0v) is 20.9. The summed E-state index contributed by atoms with van der Waals surface area (Å²) in [6.07, 6.45) is 8.48. The minimum atomic E-state index is -0.371. The molecule has 4 aromatic rings. The highest BCUT2D eigenvalue weighted by molar-refractivity contribution is 5.74. The van der Waals surface area contributed by atoms with Crippen LogP contribution >= 0.6 is 0 Å². The highest BCUT2D eigenvalue weighted by Gasteiger charge is 2.23. The molecule has 1 unspecified atom stereocenters. The van der Waals surface area contributed by atoms with Crippen LogP contribution in [0.5, 0.6) is 5.75 Å². The number of ether oxygens (including phenoxy) is 1. The average Bonchev–Trinajstić information content (AvgIpc) is 3.49. The molecule has 0 saturated carbocycles. The summed E-state index contributed by atoms with van der Waals surface area (Å²) in [6.45, 7) is 11.8. The van der Waals surface area contributed by atoms with Gasteiger partial charge in [-0.15, -0.1) is 5.10 Å². The molecule has 1 fully saturated rings. The highest BCUT2D eigenvalue weighted by Crippen LogP contribution is 2.34. The Morgan fingerprint density at radius 3 is 2.66 bits per heavy atom. The van der Waals surface area contributed by atoms with Crippen LogP contribution in [0.1, 0.15) is 68.4 Å². The van der Waals surface area contributed by atoms with Gasteiger partial charge in [-0.1, -0.05) is 19.1 Å². The third-order valence-corrected chi connectivity index (χ3v) is 6.05. The molecule has 5 rings (SSSR count). The second kappa shape index (κ2) is 10.6. The van der Waals surface area contributed by atoms with E-state index in [1.54, 1.807) is 23.1 Å². The van der Waals surface area contributed by atoms with E-state index in [1.165, 1.54) is 0 Å². The second-order valence-corrected chi connectivity index (χ2v) is 8.35. The lowest BCUT2D eigenvalue weighted by Crippen LogP contribution is -2.30. The summed E-state index contributed by atoms with van der Waals surface area (Å²) in [4.78, 5) is 8.74. The normalized spacial score (nSPS) is 14.7. The maximum atomic E-state index is 9.60. The lowest BCUT2D eigenvalue weighted by molar-refractivity contribution is 0.223. The number of nitriles is 1. The fourth-order valence-electron chi connectivity index (χ4n) is 4.32. The molecule has 5 heterocycles. The van der Waals surface area contributed by atoms with E-state index in [9.17, 15) is 5.26 Å². The second-order valence-electron chi connectivity index (χ2n) is 8.35. The molecule has 0 aliphatic carbocycles. The first-order chi connectivity index (χ1) is 17.0. The Bertz CT molecular complexity index is 1340. The molecule has 1 N–H and O–H groups in total. The lowest BCUT2D eigenvalue weighted by atomic mass is 10.1. The first kappa shape index (κ1) is 24.3. The summed E-state index contributed by atoms with van der Waals surface area (Å²) in [5.41, 5.74) is 5.17. The number of piperidine rings is 1. The van der Waals surface area contributed by atoms with Gasteiger partial charge in [-0.3, -0.25) is 9.97 Å². The molecule has 1 saturated heterocycles. The summed E-state index contributed by atoms with van der Waals surface area (Å²) < 4.78 is 10.0. The molecule has 182 valence electrons. The zero-order valence-electron chi connectivity index (χ0n) is 20.9. The van der Waals surface area contributed by atoms with Crippen LogP contribution < -0.4 is 10.1 Å². The number of aryl methyl sites for hydroxylation is 1. The number of fused-ring (bicyclic) bond motifs is 1. The third-order valence-electron chi connectivity index (χ3n) is 6.05. The Morgan fingerprint density at radius 2 is 1.94 bits per heavy atom. The van der Waals surface area contributed by atoms with Gasteiger partial charge in [-0.05, 0) is 52.8 Å². The summed E-state index contributed by atoms with van der Waals surface area (Å²) in [6, 6.07) is 4.44. The van der Waals surface area contributed by atoms with Crippen molar-refractivity contribution in [3.8, 4) is 23.1 Å². The Kier molecular flexibility index (Phi) is 7.36. The maximum absolute atomic E-state index is 9.60. The number of aromatic nitrogens is 7. The maximum Gasteiger partial charge on any atom is 0.148 e. The predicted molar refractivity (Wildman–Crippen MR) is 132 cm³/mol. The molecule has 4 aromatic heterocycles. The molecular formula is C25H31N9O. The van der Waals surface area contributed by atoms with Crippen molar-refractivity contribution in [1.29, 1.82) is 5.26 Å². The van der Waals surface area contributed by atoms with E-state index >= 15 is 0 Å². The van der Waals surface area contributed by atoms with Crippen molar-refractivity contribution in [2.75, 3.05) is 13.1 Å². The van der Waals surface area contributed by atoms with E-state index < -0.39 is 0 Å². The predicted octanol–water partition coefficient (Wildman–Crippen LogP) is 3.96. The van der Waals surface area contributed by atoms with Crippen LogP contribution in [0.25, 0.3) is 16.8 Å². The Hall–Kier alpha value is -3.84. The Labute approximate surface area is 205 Å². The van der Waals surface area contributed by atoms with Crippen LogP contribution in [0.2, 0.25) is 0 Å². The van der Waals surface area contributed by atoms with Crippen LogP contribution in [-0.4, -0.2) is 47.7 Å². The molecule has 1 aliphatic rings. The van der Waals surface area contributed by atoms with E-state index in [0.717, 1.165) is 48.6 Å². The fourth-order valence-corrected chi connectivity index (χ4v) is 4.32. The first-order valence-corrected chi connectivity index (χ1v) is 12.0. The molecule has 0 amide bonds. The number of rotatable bonds is 5. The smallest absolute Gasteiger partial charge is 0.148 e. The SMILES string of the molecule is CC.Cc1cncc(C(C)Oc2cc(-c3nnn(C4CCNCC4)c3C)cn3ncc(C#N)c23)n1. The van der Waals surface area contributed by atoms with Crippen LogP contribution in [0, 0.1) is 25.2 Å². The highest BCUT2D eigenvalue weighted by atomic mass is 16.5. The van der Waals surface area contributed by atoms with E-state index in [0.29, 0.717) is 28.6 Å². The molecule has 0 bridgehead atoms. The van der Waals surface area contributed by atoms with Crippen molar-refractivity contribution in [3.63, 3.8) is 0 Å². The van der Waals surface area contributed by atoms with Crippen molar-refractivity contribution >= 4 is 5.52 Å². The van der Waals surface area contributed by atoms with Crippen molar-refractivity contribution in [2.45, 2.75) is 59.6 Å². The number of nitrogens with zero attached hydrogens (tertiary/aromatic N) is 8. The fraction of sp³-hybridized carbons (Fsp3) is 0.440. The van der Waals surface area contributed by atoms with Gasteiger partial charge in [0.25, 0.3) is 0 Å². The monoisotopic (exact) mass is 473 g/mol. The van der Waals surface area contributed by atoms with Gasteiger partial charge in [0, 0.05) is 18.0 Å². The topological polar surface area (TPSA) is 119 Å². The minimum Gasteiger partial charge on any atom is -0.482 e. The van der Waals surface area contributed by atoms with Crippen LogP contribution in [0.15, 0.2) is 30.9 Å². The van der Waals surface area contributed by atoms with E-state index in [-0.39, 0.29) is 6.10 Å². The van der Waals surface area contributed by atoms with Gasteiger partial charge in [0.2, 0.25) is 0 Å². The molecule has 10 heteroatoms. The molecule has 0 radical (unpaired) electrons. The average molecular weight is 474 g/mol. The van der Waals surface area contributed by atoms with Gasteiger partial charge in [-0.2, -0.15) is 10.4 Å². The first-order valence-electron chi connectivity index (χ1n) is 12.0. The van der Waals surface area contributed by atoms with Crippen LogP contribution in [-0.2, 0) is 0 Å².